The Balaban J connectivity index is 3.68. The maximum atomic E-state index is 12.2. The average molecular weight is 341 g/mol. The minimum absolute atomic E-state index is 0.0628. The first kappa shape index (κ1) is 23.5. The van der Waals surface area contributed by atoms with E-state index in [4.69, 9.17) is 4.74 Å². The van der Waals surface area contributed by atoms with E-state index in [0.717, 1.165) is 38.5 Å². The molecule has 144 valence electrons. The third kappa shape index (κ3) is 15.0. The van der Waals surface area contributed by atoms with E-state index in [-0.39, 0.29) is 11.9 Å². The molecule has 0 rings (SSSR count). The molecule has 0 N–H and O–H groups in total. The van der Waals surface area contributed by atoms with Gasteiger partial charge in [0.1, 0.15) is 0 Å². The van der Waals surface area contributed by atoms with E-state index in [2.05, 4.69) is 20.8 Å². The van der Waals surface area contributed by atoms with Crippen LogP contribution in [0.3, 0.4) is 0 Å². The highest BCUT2D eigenvalue weighted by Crippen LogP contribution is 2.20. The predicted molar refractivity (Wildman–Crippen MR) is 105 cm³/mol. The van der Waals surface area contributed by atoms with E-state index in [9.17, 15) is 4.79 Å². The van der Waals surface area contributed by atoms with Crippen molar-refractivity contribution < 1.29 is 9.53 Å². The SMILES string of the molecule is CCCCCCCCCCCCC(CCCC)C(=O)OCCCC. The van der Waals surface area contributed by atoms with Crippen LogP contribution >= 0.6 is 0 Å². The smallest absolute Gasteiger partial charge is 0.308 e. The highest BCUT2D eigenvalue weighted by atomic mass is 16.5. The van der Waals surface area contributed by atoms with Gasteiger partial charge in [0, 0.05) is 0 Å². The Morgan fingerprint density at radius 1 is 0.625 bits per heavy atom. The van der Waals surface area contributed by atoms with Crippen LogP contribution in [0.15, 0.2) is 0 Å². The molecule has 0 aromatic heterocycles. The van der Waals surface area contributed by atoms with Crippen LogP contribution in [0.25, 0.3) is 0 Å². The topological polar surface area (TPSA) is 26.3 Å². The summed E-state index contributed by atoms with van der Waals surface area (Å²) in [6.45, 7) is 7.20. The van der Waals surface area contributed by atoms with Gasteiger partial charge in [-0.05, 0) is 19.3 Å². The number of carbonyl (C=O) groups excluding carboxylic acids is 1. The summed E-state index contributed by atoms with van der Waals surface area (Å²) < 4.78 is 5.45. The van der Waals surface area contributed by atoms with E-state index in [1.165, 1.54) is 64.2 Å². The number of rotatable bonds is 18. The van der Waals surface area contributed by atoms with Gasteiger partial charge in [-0.1, -0.05) is 104 Å². The van der Waals surface area contributed by atoms with Crippen LogP contribution in [0.1, 0.15) is 124 Å². The van der Waals surface area contributed by atoms with Crippen LogP contribution < -0.4 is 0 Å². The average Bonchev–Trinajstić information content (AvgIpc) is 2.59. The van der Waals surface area contributed by atoms with Gasteiger partial charge in [-0.25, -0.2) is 0 Å². The molecule has 0 aromatic carbocycles. The molecule has 0 aliphatic carbocycles. The fourth-order valence-corrected chi connectivity index (χ4v) is 3.14. The molecule has 0 aromatic rings. The van der Waals surface area contributed by atoms with Gasteiger partial charge in [0.25, 0.3) is 0 Å². The number of hydrogen-bond acceptors (Lipinski definition) is 2. The second-order valence-electron chi connectivity index (χ2n) is 7.33. The molecule has 0 bridgehead atoms. The number of ether oxygens (including phenoxy) is 1. The lowest BCUT2D eigenvalue weighted by atomic mass is 9.95. The number of unbranched alkanes of at least 4 members (excludes halogenated alkanes) is 11. The van der Waals surface area contributed by atoms with Crippen molar-refractivity contribution in [2.24, 2.45) is 5.92 Å². The lowest BCUT2D eigenvalue weighted by Gasteiger charge is -2.15. The highest BCUT2D eigenvalue weighted by Gasteiger charge is 2.18. The maximum Gasteiger partial charge on any atom is 0.308 e. The molecule has 0 spiro atoms. The molecule has 0 aliphatic heterocycles. The van der Waals surface area contributed by atoms with Crippen LogP contribution in [-0.4, -0.2) is 12.6 Å². The Kier molecular flexibility index (Phi) is 18.4. The quantitative estimate of drug-likeness (QED) is 0.191. The Morgan fingerprint density at radius 2 is 1.08 bits per heavy atom. The molecule has 1 unspecified atom stereocenters. The molecule has 0 aliphatic rings. The minimum atomic E-state index is 0.0628. The van der Waals surface area contributed by atoms with Crippen molar-refractivity contribution in [3.8, 4) is 0 Å². The van der Waals surface area contributed by atoms with Crippen molar-refractivity contribution >= 4 is 5.97 Å². The summed E-state index contributed by atoms with van der Waals surface area (Å²) in [6.07, 6.45) is 19.9. The molecule has 0 heterocycles. The van der Waals surface area contributed by atoms with Gasteiger partial charge in [0.2, 0.25) is 0 Å². The van der Waals surface area contributed by atoms with Crippen molar-refractivity contribution in [2.75, 3.05) is 6.61 Å². The summed E-state index contributed by atoms with van der Waals surface area (Å²) in [6, 6.07) is 0. The molecule has 2 nitrogen and oxygen atoms in total. The van der Waals surface area contributed by atoms with Crippen molar-refractivity contribution in [1.29, 1.82) is 0 Å². The van der Waals surface area contributed by atoms with E-state index in [0.29, 0.717) is 6.61 Å². The molecule has 0 fully saturated rings. The second-order valence-corrected chi connectivity index (χ2v) is 7.33. The summed E-state index contributed by atoms with van der Waals surface area (Å²) >= 11 is 0. The Morgan fingerprint density at radius 3 is 1.62 bits per heavy atom. The molecule has 0 radical (unpaired) electrons. The van der Waals surface area contributed by atoms with Gasteiger partial charge in [-0.2, -0.15) is 0 Å². The van der Waals surface area contributed by atoms with Crippen LogP contribution in [0.5, 0.6) is 0 Å². The van der Waals surface area contributed by atoms with E-state index >= 15 is 0 Å². The molecule has 2 heteroatoms. The fraction of sp³-hybridized carbons (Fsp3) is 0.955. The third-order valence-corrected chi connectivity index (χ3v) is 4.89. The predicted octanol–water partition coefficient (Wildman–Crippen LogP) is 7.45. The molecule has 0 saturated heterocycles. The van der Waals surface area contributed by atoms with Crippen molar-refractivity contribution in [1.82, 2.24) is 0 Å². The Bertz CT molecular complexity index is 263. The Hall–Kier alpha value is -0.530. The number of carbonyl (C=O) groups is 1. The van der Waals surface area contributed by atoms with Crippen molar-refractivity contribution in [2.45, 2.75) is 124 Å². The van der Waals surface area contributed by atoms with Gasteiger partial charge in [-0.3, -0.25) is 4.79 Å². The second kappa shape index (κ2) is 18.8. The van der Waals surface area contributed by atoms with E-state index < -0.39 is 0 Å². The largest absolute Gasteiger partial charge is 0.465 e. The minimum Gasteiger partial charge on any atom is -0.465 e. The lowest BCUT2D eigenvalue weighted by molar-refractivity contribution is -0.149. The standard InChI is InChI=1S/C22H44O2/c1-4-7-10-11-12-13-14-15-16-17-19-21(18-8-5-2)22(23)24-20-9-6-3/h21H,4-20H2,1-3H3. The zero-order valence-corrected chi connectivity index (χ0v) is 16.9. The van der Waals surface area contributed by atoms with Crippen molar-refractivity contribution in [3.05, 3.63) is 0 Å². The van der Waals surface area contributed by atoms with E-state index in [1.54, 1.807) is 0 Å². The zero-order valence-electron chi connectivity index (χ0n) is 16.9. The number of hydrogen-bond donors (Lipinski definition) is 0. The summed E-state index contributed by atoms with van der Waals surface area (Å²) in [5.74, 6) is 0.212. The fourth-order valence-electron chi connectivity index (χ4n) is 3.14. The Labute approximate surface area is 152 Å². The van der Waals surface area contributed by atoms with Gasteiger partial charge >= 0.3 is 5.97 Å². The first-order valence-corrected chi connectivity index (χ1v) is 10.9. The van der Waals surface area contributed by atoms with E-state index in [1.807, 2.05) is 0 Å². The summed E-state index contributed by atoms with van der Waals surface area (Å²) in [7, 11) is 0. The van der Waals surface area contributed by atoms with Gasteiger partial charge in [0.15, 0.2) is 0 Å². The molecule has 0 amide bonds. The summed E-state index contributed by atoms with van der Waals surface area (Å²) in [4.78, 5) is 12.2. The highest BCUT2D eigenvalue weighted by molar-refractivity contribution is 5.72. The van der Waals surface area contributed by atoms with Crippen LogP contribution in [0, 0.1) is 5.92 Å². The molecule has 24 heavy (non-hydrogen) atoms. The maximum absolute atomic E-state index is 12.2. The molecular weight excluding hydrogens is 296 g/mol. The van der Waals surface area contributed by atoms with Crippen LogP contribution in [0.2, 0.25) is 0 Å². The monoisotopic (exact) mass is 340 g/mol. The normalized spacial score (nSPS) is 12.3. The third-order valence-electron chi connectivity index (χ3n) is 4.89. The van der Waals surface area contributed by atoms with Gasteiger partial charge in [0.05, 0.1) is 12.5 Å². The van der Waals surface area contributed by atoms with Crippen molar-refractivity contribution in [3.63, 3.8) is 0 Å². The molecular formula is C22H44O2. The first-order valence-electron chi connectivity index (χ1n) is 10.9. The first-order chi connectivity index (χ1) is 11.8. The summed E-state index contributed by atoms with van der Waals surface area (Å²) in [5, 5.41) is 0. The zero-order chi connectivity index (χ0) is 17.9. The summed E-state index contributed by atoms with van der Waals surface area (Å²) in [5.41, 5.74) is 0. The van der Waals surface area contributed by atoms with Crippen LogP contribution in [-0.2, 0) is 9.53 Å². The lowest BCUT2D eigenvalue weighted by Crippen LogP contribution is -2.18. The molecule has 0 saturated carbocycles. The van der Waals surface area contributed by atoms with Crippen LogP contribution in [0.4, 0.5) is 0 Å². The van der Waals surface area contributed by atoms with Gasteiger partial charge in [-0.15, -0.1) is 0 Å². The molecule has 1 atom stereocenters. The van der Waals surface area contributed by atoms with Gasteiger partial charge < -0.3 is 4.74 Å². The number of esters is 1.